The highest BCUT2D eigenvalue weighted by Gasteiger charge is 2.18. The molecule has 0 aromatic heterocycles. The average molecular weight is 262 g/mol. The molecule has 1 saturated heterocycles. The maximum absolute atomic E-state index is 5.39. The lowest BCUT2D eigenvalue weighted by Gasteiger charge is -2.32. The van der Waals surface area contributed by atoms with Crippen molar-refractivity contribution in [3.8, 4) is 5.75 Å². The molecule has 0 radical (unpaired) electrons. The number of rotatable bonds is 5. The molecule has 1 N–H and O–H groups in total. The molecule has 0 spiro atoms. The van der Waals surface area contributed by atoms with Crippen molar-refractivity contribution >= 4 is 0 Å². The lowest BCUT2D eigenvalue weighted by molar-refractivity contribution is 0.188. The van der Waals surface area contributed by atoms with Gasteiger partial charge in [0.05, 0.1) is 7.11 Å². The summed E-state index contributed by atoms with van der Waals surface area (Å²) in [5, 5.41) is 3.40. The number of methoxy groups -OCH3 is 1. The second kappa shape index (κ2) is 6.92. The highest BCUT2D eigenvalue weighted by molar-refractivity contribution is 5.37. The zero-order valence-corrected chi connectivity index (χ0v) is 12.4. The molecule has 19 heavy (non-hydrogen) atoms. The van der Waals surface area contributed by atoms with Gasteiger partial charge in [0, 0.05) is 19.1 Å². The molecule has 0 amide bonds. The Kier molecular flexibility index (Phi) is 5.23. The van der Waals surface area contributed by atoms with Crippen LogP contribution in [-0.2, 0) is 13.0 Å². The zero-order chi connectivity index (χ0) is 13.7. The molecule has 0 aliphatic carbocycles. The van der Waals surface area contributed by atoms with Crippen LogP contribution in [-0.4, -0.2) is 38.2 Å². The molecule has 3 nitrogen and oxygen atoms in total. The predicted octanol–water partition coefficient (Wildman–Crippen LogP) is 2.44. The largest absolute Gasteiger partial charge is 0.496 e. The van der Waals surface area contributed by atoms with Crippen LogP contribution >= 0.6 is 0 Å². The number of ether oxygens (including phenoxy) is 1. The van der Waals surface area contributed by atoms with Crippen LogP contribution in [0.25, 0.3) is 0 Å². The van der Waals surface area contributed by atoms with E-state index in [4.69, 9.17) is 4.74 Å². The van der Waals surface area contributed by atoms with E-state index in [-0.39, 0.29) is 0 Å². The first-order chi connectivity index (χ1) is 9.26. The molecule has 1 aromatic carbocycles. The van der Waals surface area contributed by atoms with Crippen molar-refractivity contribution in [3.05, 3.63) is 29.3 Å². The number of nitrogens with zero attached hydrogens (tertiary/aromatic N) is 1. The van der Waals surface area contributed by atoms with Crippen molar-refractivity contribution in [1.82, 2.24) is 10.2 Å². The second-order valence-electron chi connectivity index (χ2n) is 5.36. The van der Waals surface area contributed by atoms with Gasteiger partial charge in [-0.25, -0.2) is 0 Å². The Morgan fingerprint density at radius 2 is 2.26 bits per heavy atom. The number of hydrogen-bond donors (Lipinski definition) is 1. The fourth-order valence-corrected chi connectivity index (χ4v) is 2.90. The number of piperidine rings is 1. The summed E-state index contributed by atoms with van der Waals surface area (Å²) >= 11 is 0. The van der Waals surface area contributed by atoms with Gasteiger partial charge in [-0.1, -0.05) is 19.1 Å². The number of aryl methyl sites for hydroxylation is 1. The number of benzene rings is 1. The molecular weight excluding hydrogens is 236 g/mol. The van der Waals surface area contributed by atoms with Crippen LogP contribution in [0.3, 0.4) is 0 Å². The van der Waals surface area contributed by atoms with Crippen LogP contribution in [0.4, 0.5) is 0 Å². The first-order valence-electron chi connectivity index (χ1n) is 7.32. The van der Waals surface area contributed by atoms with Gasteiger partial charge in [0.2, 0.25) is 0 Å². The van der Waals surface area contributed by atoms with E-state index in [1.807, 2.05) is 0 Å². The predicted molar refractivity (Wildman–Crippen MR) is 79.7 cm³/mol. The summed E-state index contributed by atoms with van der Waals surface area (Å²) in [7, 11) is 3.81. The fourth-order valence-electron chi connectivity index (χ4n) is 2.90. The zero-order valence-electron chi connectivity index (χ0n) is 12.4. The molecule has 1 heterocycles. The number of likely N-dealkylation sites (N-methyl/N-ethyl adjacent to an activating group) is 1. The lowest BCUT2D eigenvalue weighted by atomic mass is 10.0. The van der Waals surface area contributed by atoms with Gasteiger partial charge in [0.25, 0.3) is 0 Å². The van der Waals surface area contributed by atoms with Crippen LogP contribution in [0, 0.1) is 0 Å². The SMILES string of the molecule is CCc1cc(CN2CCCC(NC)C2)ccc1OC. The van der Waals surface area contributed by atoms with Gasteiger partial charge in [0.1, 0.15) is 5.75 Å². The minimum Gasteiger partial charge on any atom is -0.496 e. The Labute approximate surface area is 116 Å². The van der Waals surface area contributed by atoms with E-state index in [2.05, 4.69) is 42.4 Å². The van der Waals surface area contributed by atoms with Crippen molar-refractivity contribution in [2.45, 2.75) is 38.8 Å². The summed E-state index contributed by atoms with van der Waals surface area (Å²) in [4.78, 5) is 2.55. The third-order valence-corrected chi connectivity index (χ3v) is 4.05. The molecule has 1 fully saturated rings. The molecular formula is C16H26N2O. The minimum absolute atomic E-state index is 0.651. The summed E-state index contributed by atoms with van der Waals surface area (Å²) in [6, 6.07) is 7.24. The Balaban J connectivity index is 2.02. The highest BCUT2D eigenvalue weighted by Crippen LogP contribution is 2.22. The first-order valence-corrected chi connectivity index (χ1v) is 7.32. The lowest BCUT2D eigenvalue weighted by Crippen LogP contribution is -2.43. The summed E-state index contributed by atoms with van der Waals surface area (Å²) in [6.07, 6.45) is 3.62. The van der Waals surface area contributed by atoms with Gasteiger partial charge < -0.3 is 10.1 Å². The maximum Gasteiger partial charge on any atom is 0.122 e. The topological polar surface area (TPSA) is 24.5 Å². The Hall–Kier alpha value is -1.06. The van der Waals surface area contributed by atoms with E-state index in [1.54, 1.807) is 7.11 Å². The quantitative estimate of drug-likeness (QED) is 0.882. The van der Waals surface area contributed by atoms with Gasteiger partial charge >= 0.3 is 0 Å². The molecule has 1 aliphatic rings. The van der Waals surface area contributed by atoms with Gasteiger partial charge in [-0.05, 0) is 50.0 Å². The molecule has 0 bridgehead atoms. The Morgan fingerprint density at radius 1 is 1.42 bits per heavy atom. The average Bonchev–Trinajstić information content (AvgIpc) is 2.47. The third-order valence-electron chi connectivity index (χ3n) is 4.05. The smallest absolute Gasteiger partial charge is 0.122 e. The van der Waals surface area contributed by atoms with Gasteiger partial charge in [-0.2, -0.15) is 0 Å². The summed E-state index contributed by atoms with van der Waals surface area (Å²) in [6.45, 7) is 5.60. The van der Waals surface area contributed by atoms with Crippen LogP contribution < -0.4 is 10.1 Å². The van der Waals surface area contributed by atoms with Crippen molar-refractivity contribution in [2.24, 2.45) is 0 Å². The molecule has 1 atom stereocenters. The summed E-state index contributed by atoms with van der Waals surface area (Å²) in [5.74, 6) is 1.01. The van der Waals surface area contributed by atoms with E-state index in [0.29, 0.717) is 6.04 Å². The van der Waals surface area contributed by atoms with Crippen molar-refractivity contribution in [3.63, 3.8) is 0 Å². The van der Waals surface area contributed by atoms with Gasteiger partial charge in [-0.3, -0.25) is 4.90 Å². The number of nitrogens with one attached hydrogen (secondary N) is 1. The normalized spacial score (nSPS) is 20.5. The van der Waals surface area contributed by atoms with Crippen LogP contribution in [0.2, 0.25) is 0 Å². The molecule has 106 valence electrons. The summed E-state index contributed by atoms with van der Waals surface area (Å²) < 4.78 is 5.39. The summed E-state index contributed by atoms with van der Waals surface area (Å²) in [5.41, 5.74) is 2.71. The second-order valence-corrected chi connectivity index (χ2v) is 5.36. The van der Waals surface area contributed by atoms with Crippen molar-refractivity contribution < 1.29 is 4.74 Å². The van der Waals surface area contributed by atoms with E-state index < -0.39 is 0 Å². The molecule has 2 rings (SSSR count). The van der Waals surface area contributed by atoms with Crippen molar-refractivity contribution in [2.75, 3.05) is 27.2 Å². The molecule has 3 heteroatoms. The molecule has 1 aliphatic heterocycles. The van der Waals surface area contributed by atoms with Crippen LogP contribution in [0.5, 0.6) is 5.75 Å². The first kappa shape index (κ1) is 14.4. The number of likely N-dealkylation sites (tertiary alicyclic amines) is 1. The molecule has 0 saturated carbocycles. The third kappa shape index (κ3) is 3.71. The monoisotopic (exact) mass is 262 g/mol. The minimum atomic E-state index is 0.651. The van der Waals surface area contributed by atoms with Gasteiger partial charge in [-0.15, -0.1) is 0 Å². The van der Waals surface area contributed by atoms with E-state index in [0.717, 1.165) is 25.3 Å². The number of hydrogen-bond acceptors (Lipinski definition) is 3. The molecule has 1 unspecified atom stereocenters. The van der Waals surface area contributed by atoms with Crippen LogP contribution in [0.1, 0.15) is 30.9 Å². The maximum atomic E-state index is 5.39. The Morgan fingerprint density at radius 3 is 2.95 bits per heavy atom. The van der Waals surface area contributed by atoms with E-state index in [9.17, 15) is 0 Å². The highest BCUT2D eigenvalue weighted by atomic mass is 16.5. The van der Waals surface area contributed by atoms with E-state index >= 15 is 0 Å². The van der Waals surface area contributed by atoms with Gasteiger partial charge in [0.15, 0.2) is 0 Å². The fraction of sp³-hybridized carbons (Fsp3) is 0.625. The van der Waals surface area contributed by atoms with E-state index in [1.165, 1.54) is 30.5 Å². The standard InChI is InChI=1S/C16H26N2O/c1-4-14-10-13(7-8-16(14)19-3)11-18-9-5-6-15(12-18)17-2/h7-8,10,15,17H,4-6,9,11-12H2,1-3H3. The van der Waals surface area contributed by atoms with Crippen LogP contribution in [0.15, 0.2) is 18.2 Å². The molecule has 1 aromatic rings. The van der Waals surface area contributed by atoms with Crippen molar-refractivity contribution in [1.29, 1.82) is 0 Å². The Bertz CT molecular complexity index is 406.